The van der Waals surface area contributed by atoms with Gasteiger partial charge in [-0.05, 0) is 18.3 Å². The molecule has 1 saturated carbocycles. The number of allylic oxidation sites excluding steroid dienone is 1. The van der Waals surface area contributed by atoms with Crippen LogP contribution < -0.4 is 5.73 Å². The van der Waals surface area contributed by atoms with Crippen molar-refractivity contribution in [1.82, 2.24) is 0 Å². The van der Waals surface area contributed by atoms with Crippen LogP contribution in [0.2, 0.25) is 0 Å². The topological polar surface area (TPSA) is 55.5 Å². The van der Waals surface area contributed by atoms with Gasteiger partial charge < -0.3 is 15.6 Å². The number of hydrogen-bond acceptors (Lipinski definition) is 3. The molecule has 0 spiro atoms. The lowest BCUT2D eigenvalue weighted by atomic mass is 9.89. The van der Waals surface area contributed by atoms with Crippen LogP contribution in [0.3, 0.4) is 0 Å². The molecule has 2 bridgehead atoms. The van der Waals surface area contributed by atoms with Gasteiger partial charge >= 0.3 is 0 Å². The molecule has 4 heteroatoms. The molecule has 0 saturated heterocycles. The van der Waals surface area contributed by atoms with E-state index < -0.39 is 6.29 Å². The van der Waals surface area contributed by atoms with Crippen molar-refractivity contribution < 1.29 is 9.84 Å². The quantitative estimate of drug-likeness (QED) is 0.511. The molecule has 76 valence electrons. The number of halogens is 1. The van der Waals surface area contributed by atoms with E-state index in [2.05, 4.69) is 12.2 Å². The minimum absolute atomic E-state index is 0. The van der Waals surface area contributed by atoms with Crippen LogP contribution in [0.1, 0.15) is 6.42 Å². The summed E-state index contributed by atoms with van der Waals surface area (Å²) >= 11 is 0. The molecule has 3 nitrogen and oxygen atoms in total. The van der Waals surface area contributed by atoms with Crippen molar-refractivity contribution in [2.24, 2.45) is 23.5 Å². The molecule has 3 N–H and O–H groups in total. The maximum absolute atomic E-state index is 9.51. The van der Waals surface area contributed by atoms with Gasteiger partial charge in [0.25, 0.3) is 0 Å². The second kappa shape index (κ2) is 3.96. The maximum atomic E-state index is 9.51. The Hall–Kier alpha value is -0.0900. The Balaban J connectivity index is 0.000000845. The number of nitrogens with two attached hydrogens (primary N) is 1. The van der Waals surface area contributed by atoms with Crippen LogP contribution in [0.4, 0.5) is 0 Å². The van der Waals surface area contributed by atoms with Gasteiger partial charge in [0.05, 0.1) is 0 Å². The molecule has 0 aromatic rings. The Labute approximate surface area is 84.4 Å². The van der Waals surface area contributed by atoms with E-state index in [0.29, 0.717) is 11.8 Å². The molecule has 2 aliphatic rings. The zero-order chi connectivity index (χ0) is 8.72. The number of methoxy groups -OCH3 is 1. The molecular weight excluding hydrogens is 190 g/mol. The van der Waals surface area contributed by atoms with E-state index in [1.54, 1.807) is 0 Å². The van der Waals surface area contributed by atoms with Gasteiger partial charge in [0.2, 0.25) is 0 Å². The Bertz CT molecular complexity index is 210. The average Bonchev–Trinajstić information content (AvgIpc) is 2.63. The highest BCUT2D eigenvalue weighted by Crippen LogP contribution is 2.44. The zero-order valence-corrected chi connectivity index (χ0v) is 8.41. The summed E-state index contributed by atoms with van der Waals surface area (Å²) in [4.78, 5) is 0. The second-order valence-corrected chi connectivity index (χ2v) is 3.73. The highest BCUT2D eigenvalue weighted by atomic mass is 35.5. The minimum Gasteiger partial charge on any atom is -0.368 e. The van der Waals surface area contributed by atoms with Crippen LogP contribution in [-0.4, -0.2) is 24.5 Å². The fourth-order valence-electron chi connectivity index (χ4n) is 2.46. The second-order valence-electron chi connectivity index (χ2n) is 3.73. The van der Waals surface area contributed by atoms with Gasteiger partial charge in [-0.3, -0.25) is 0 Å². The molecule has 5 atom stereocenters. The van der Waals surface area contributed by atoms with Crippen molar-refractivity contribution in [3.05, 3.63) is 12.2 Å². The van der Waals surface area contributed by atoms with Gasteiger partial charge in [-0.2, -0.15) is 0 Å². The number of rotatable bonds is 2. The van der Waals surface area contributed by atoms with Crippen molar-refractivity contribution >= 4 is 12.4 Å². The maximum Gasteiger partial charge on any atom is 0.159 e. The van der Waals surface area contributed by atoms with Crippen LogP contribution in [0.25, 0.3) is 0 Å². The molecule has 5 unspecified atom stereocenters. The summed E-state index contributed by atoms with van der Waals surface area (Å²) in [7, 11) is 1.52. The molecule has 0 heterocycles. The van der Waals surface area contributed by atoms with Gasteiger partial charge in [-0.15, -0.1) is 12.4 Å². The first-order valence-electron chi connectivity index (χ1n) is 4.39. The fourth-order valence-corrected chi connectivity index (χ4v) is 2.46. The van der Waals surface area contributed by atoms with E-state index in [-0.39, 0.29) is 24.4 Å². The molecular formula is C9H16ClNO2. The minimum atomic E-state index is -0.694. The number of hydrogen-bond donors (Lipinski definition) is 2. The summed E-state index contributed by atoms with van der Waals surface area (Å²) in [6, 6.07) is 0.0787. The summed E-state index contributed by atoms with van der Waals surface area (Å²) in [6.45, 7) is 0. The standard InChI is InChI=1S/C9H15NO2.ClH/c1-12-9(11)7-5-2-3-6(4-5)8(7)10;/h2-3,5-9,11H,4,10H2,1H3;1H. The predicted octanol–water partition coefficient (Wildman–Crippen LogP) is 0.522. The number of aliphatic hydroxyl groups is 1. The van der Waals surface area contributed by atoms with Crippen molar-refractivity contribution in [3.8, 4) is 0 Å². The van der Waals surface area contributed by atoms with Crippen LogP contribution in [0.15, 0.2) is 12.2 Å². The summed E-state index contributed by atoms with van der Waals surface area (Å²) in [6.07, 6.45) is 4.71. The van der Waals surface area contributed by atoms with Crippen molar-refractivity contribution in [1.29, 1.82) is 0 Å². The largest absolute Gasteiger partial charge is 0.368 e. The normalized spacial score (nSPS) is 43.3. The lowest BCUT2D eigenvalue weighted by Crippen LogP contribution is -2.41. The third-order valence-corrected chi connectivity index (χ3v) is 3.15. The number of fused-ring (bicyclic) bond motifs is 2. The summed E-state index contributed by atoms with van der Waals surface area (Å²) < 4.78 is 4.90. The summed E-state index contributed by atoms with van der Waals surface area (Å²) in [5.41, 5.74) is 5.95. The molecule has 1 fully saturated rings. The van der Waals surface area contributed by atoms with Crippen molar-refractivity contribution in [3.63, 3.8) is 0 Å². The molecule has 13 heavy (non-hydrogen) atoms. The number of aliphatic hydroxyl groups excluding tert-OH is 1. The van der Waals surface area contributed by atoms with Gasteiger partial charge in [-0.25, -0.2) is 0 Å². The monoisotopic (exact) mass is 205 g/mol. The SMILES string of the molecule is COC(O)C1C2C=CC(C2)C1N.Cl. The molecule has 0 aliphatic heterocycles. The summed E-state index contributed by atoms with van der Waals surface area (Å²) in [5.74, 6) is 0.995. The van der Waals surface area contributed by atoms with Gasteiger partial charge in [0.15, 0.2) is 6.29 Å². The van der Waals surface area contributed by atoms with E-state index in [1.807, 2.05) is 0 Å². The molecule has 0 radical (unpaired) electrons. The van der Waals surface area contributed by atoms with E-state index in [1.165, 1.54) is 7.11 Å². The van der Waals surface area contributed by atoms with E-state index in [4.69, 9.17) is 10.5 Å². The van der Waals surface area contributed by atoms with Crippen molar-refractivity contribution in [2.75, 3.05) is 7.11 Å². The summed E-state index contributed by atoms with van der Waals surface area (Å²) in [5, 5.41) is 9.51. The zero-order valence-electron chi connectivity index (χ0n) is 7.59. The molecule has 2 aliphatic carbocycles. The fraction of sp³-hybridized carbons (Fsp3) is 0.778. The average molecular weight is 206 g/mol. The van der Waals surface area contributed by atoms with Crippen molar-refractivity contribution in [2.45, 2.75) is 18.8 Å². The molecule has 2 rings (SSSR count). The molecule has 0 aromatic carbocycles. The molecule has 0 amide bonds. The Morgan fingerprint density at radius 3 is 2.54 bits per heavy atom. The van der Waals surface area contributed by atoms with E-state index >= 15 is 0 Å². The Kier molecular flexibility index (Phi) is 3.35. The third-order valence-electron chi connectivity index (χ3n) is 3.15. The first kappa shape index (κ1) is 11.0. The highest BCUT2D eigenvalue weighted by Gasteiger charge is 2.45. The third kappa shape index (κ3) is 1.62. The van der Waals surface area contributed by atoms with Gasteiger partial charge in [0, 0.05) is 19.1 Å². The highest BCUT2D eigenvalue weighted by molar-refractivity contribution is 5.85. The van der Waals surface area contributed by atoms with Gasteiger partial charge in [-0.1, -0.05) is 12.2 Å². The molecule has 0 aromatic heterocycles. The van der Waals surface area contributed by atoms with E-state index in [9.17, 15) is 5.11 Å². The Morgan fingerprint density at radius 2 is 2.08 bits per heavy atom. The number of ether oxygens (including phenoxy) is 1. The first-order valence-corrected chi connectivity index (χ1v) is 4.39. The lowest BCUT2D eigenvalue weighted by molar-refractivity contribution is -0.122. The van der Waals surface area contributed by atoms with E-state index in [0.717, 1.165) is 6.42 Å². The smallest absolute Gasteiger partial charge is 0.159 e. The van der Waals surface area contributed by atoms with Gasteiger partial charge in [0.1, 0.15) is 0 Å². The van der Waals surface area contributed by atoms with Crippen LogP contribution in [0.5, 0.6) is 0 Å². The lowest BCUT2D eigenvalue weighted by Gasteiger charge is -2.27. The van der Waals surface area contributed by atoms with Crippen LogP contribution in [0, 0.1) is 17.8 Å². The van der Waals surface area contributed by atoms with Crippen LogP contribution >= 0.6 is 12.4 Å². The first-order chi connectivity index (χ1) is 5.74. The predicted molar refractivity (Wildman–Crippen MR) is 52.5 cm³/mol. The Morgan fingerprint density at radius 1 is 1.46 bits per heavy atom. The van der Waals surface area contributed by atoms with Crippen LogP contribution in [-0.2, 0) is 4.74 Å².